The number of likely N-dealkylation sites (N-methyl/N-ethyl adjacent to an activating group) is 1. The van der Waals surface area contributed by atoms with Gasteiger partial charge in [0.05, 0.1) is 0 Å². The maximum Gasteiger partial charge on any atom is 0.138 e. The van der Waals surface area contributed by atoms with Gasteiger partial charge in [-0.15, -0.1) is 0 Å². The van der Waals surface area contributed by atoms with Crippen molar-refractivity contribution in [3.8, 4) is 0 Å². The van der Waals surface area contributed by atoms with Gasteiger partial charge in [0.15, 0.2) is 0 Å². The highest BCUT2D eigenvalue weighted by Gasteiger charge is 2.06. The van der Waals surface area contributed by atoms with Crippen molar-refractivity contribution >= 4 is 17.3 Å². The lowest BCUT2D eigenvalue weighted by atomic mass is 10.3. The molecule has 1 heterocycles. The molecule has 0 fully saturated rings. The summed E-state index contributed by atoms with van der Waals surface area (Å²) in [5, 5.41) is 3.30. The Morgan fingerprint density at radius 3 is 2.50 bits per heavy atom. The zero-order valence-corrected chi connectivity index (χ0v) is 12.2. The van der Waals surface area contributed by atoms with Gasteiger partial charge in [-0.2, -0.15) is 0 Å². The molecule has 0 bridgehead atoms. The highest BCUT2D eigenvalue weighted by molar-refractivity contribution is 5.61. The highest BCUT2D eigenvalue weighted by atomic mass is 15.2. The number of benzene rings is 1. The van der Waals surface area contributed by atoms with E-state index < -0.39 is 0 Å². The third-order valence-electron chi connectivity index (χ3n) is 3.00. The van der Waals surface area contributed by atoms with E-state index in [1.165, 1.54) is 0 Å². The van der Waals surface area contributed by atoms with E-state index in [1.807, 2.05) is 36.2 Å². The number of nitrogens with one attached hydrogen (secondary N) is 1. The largest absolute Gasteiger partial charge is 0.369 e. The first-order valence-corrected chi connectivity index (χ1v) is 6.66. The maximum absolute atomic E-state index is 4.32. The van der Waals surface area contributed by atoms with Crippen LogP contribution in [0.2, 0.25) is 0 Å². The Morgan fingerprint density at radius 2 is 1.80 bits per heavy atom. The first-order chi connectivity index (χ1) is 9.66. The minimum Gasteiger partial charge on any atom is -0.369 e. The number of rotatable bonds is 6. The highest BCUT2D eigenvalue weighted by Crippen LogP contribution is 2.21. The minimum atomic E-state index is 0.847. The van der Waals surface area contributed by atoms with Gasteiger partial charge in [0.25, 0.3) is 0 Å². The van der Waals surface area contributed by atoms with Crippen LogP contribution < -0.4 is 10.2 Å². The van der Waals surface area contributed by atoms with Gasteiger partial charge in [0.2, 0.25) is 0 Å². The summed E-state index contributed by atoms with van der Waals surface area (Å²) in [4.78, 5) is 12.7. The van der Waals surface area contributed by atoms with E-state index in [4.69, 9.17) is 0 Å². The van der Waals surface area contributed by atoms with E-state index in [9.17, 15) is 0 Å². The summed E-state index contributed by atoms with van der Waals surface area (Å²) < 4.78 is 0. The number of anilines is 3. The molecule has 5 nitrogen and oxygen atoms in total. The first kappa shape index (κ1) is 14.3. The van der Waals surface area contributed by atoms with E-state index in [1.54, 1.807) is 6.33 Å². The predicted octanol–water partition coefficient (Wildman–Crippen LogP) is 2.22. The van der Waals surface area contributed by atoms with Crippen molar-refractivity contribution < 1.29 is 0 Å². The fourth-order valence-electron chi connectivity index (χ4n) is 1.82. The minimum absolute atomic E-state index is 0.847. The van der Waals surface area contributed by atoms with Crippen LogP contribution in [0.3, 0.4) is 0 Å². The van der Waals surface area contributed by atoms with Crippen LogP contribution in [0, 0.1) is 0 Å². The number of hydrogen-bond donors (Lipinski definition) is 1. The molecule has 20 heavy (non-hydrogen) atoms. The summed E-state index contributed by atoms with van der Waals surface area (Å²) in [6, 6.07) is 12.1. The first-order valence-electron chi connectivity index (χ1n) is 6.66. The molecule has 0 aliphatic carbocycles. The Kier molecular flexibility index (Phi) is 4.90. The molecule has 0 saturated carbocycles. The van der Waals surface area contributed by atoms with Gasteiger partial charge in [0.1, 0.15) is 18.0 Å². The molecule has 0 unspecified atom stereocenters. The van der Waals surface area contributed by atoms with Crippen molar-refractivity contribution in [1.82, 2.24) is 14.9 Å². The molecule has 1 N–H and O–H groups in total. The van der Waals surface area contributed by atoms with E-state index in [0.717, 1.165) is 30.4 Å². The third-order valence-corrected chi connectivity index (χ3v) is 3.00. The van der Waals surface area contributed by atoms with Crippen molar-refractivity contribution in [2.75, 3.05) is 44.4 Å². The zero-order chi connectivity index (χ0) is 14.4. The van der Waals surface area contributed by atoms with E-state index in [0.29, 0.717) is 0 Å². The lowest BCUT2D eigenvalue weighted by Crippen LogP contribution is -2.21. The van der Waals surface area contributed by atoms with Crippen LogP contribution in [-0.4, -0.2) is 49.1 Å². The SMILES string of the molecule is CN(C)CCNc1cc(N(C)c2ccccc2)ncn1. The summed E-state index contributed by atoms with van der Waals surface area (Å²) >= 11 is 0. The lowest BCUT2D eigenvalue weighted by Gasteiger charge is -2.18. The van der Waals surface area contributed by atoms with Crippen LogP contribution in [0.15, 0.2) is 42.7 Å². The van der Waals surface area contributed by atoms with Crippen LogP contribution >= 0.6 is 0 Å². The average molecular weight is 271 g/mol. The van der Waals surface area contributed by atoms with Gasteiger partial charge < -0.3 is 15.1 Å². The molecule has 0 radical (unpaired) electrons. The monoisotopic (exact) mass is 271 g/mol. The van der Waals surface area contributed by atoms with Gasteiger partial charge in [-0.05, 0) is 26.2 Å². The van der Waals surface area contributed by atoms with Gasteiger partial charge in [-0.3, -0.25) is 0 Å². The molecular formula is C15H21N5. The smallest absolute Gasteiger partial charge is 0.138 e. The normalized spacial score (nSPS) is 10.6. The summed E-state index contributed by atoms with van der Waals surface area (Å²) in [6.45, 7) is 1.83. The van der Waals surface area contributed by atoms with Crippen molar-refractivity contribution in [2.24, 2.45) is 0 Å². The summed E-state index contributed by atoms with van der Waals surface area (Å²) in [5.74, 6) is 1.72. The fourth-order valence-corrected chi connectivity index (χ4v) is 1.82. The van der Waals surface area contributed by atoms with Crippen LogP contribution in [0.5, 0.6) is 0 Å². The maximum atomic E-state index is 4.32. The van der Waals surface area contributed by atoms with Crippen LogP contribution in [0.4, 0.5) is 17.3 Å². The molecule has 2 rings (SSSR count). The Bertz CT molecular complexity index is 527. The molecule has 0 amide bonds. The molecule has 0 atom stereocenters. The van der Waals surface area contributed by atoms with Crippen molar-refractivity contribution in [3.63, 3.8) is 0 Å². The number of aromatic nitrogens is 2. The number of hydrogen-bond acceptors (Lipinski definition) is 5. The molecular weight excluding hydrogens is 250 g/mol. The Morgan fingerprint density at radius 1 is 1.05 bits per heavy atom. The van der Waals surface area contributed by atoms with Crippen LogP contribution in [0.25, 0.3) is 0 Å². The average Bonchev–Trinajstić information content (AvgIpc) is 2.47. The van der Waals surface area contributed by atoms with E-state index in [-0.39, 0.29) is 0 Å². The summed E-state index contributed by atoms with van der Waals surface area (Å²) in [6.07, 6.45) is 1.59. The van der Waals surface area contributed by atoms with Crippen molar-refractivity contribution in [3.05, 3.63) is 42.7 Å². The topological polar surface area (TPSA) is 44.3 Å². The van der Waals surface area contributed by atoms with Gasteiger partial charge in [-0.1, -0.05) is 18.2 Å². The molecule has 106 valence electrons. The molecule has 0 aliphatic heterocycles. The third kappa shape index (κ3) is 3.93. The van der Waals surface area contributed by atoms with Crippen LogP contribution in [0.1, 0.15) is 0 Å². The van der Waals surface area contributed by atoms with E-state index >= 15 is 0 Å². The molecule has 0 spiro atoms. The van der Waals surface area contributed by atoms with Crippen LogP contribution in [-0.2, 0) is 0 Å². The molecule has 0 saturated heterocycles. The molecule has 1 aromatic carbocycles. The van der Waals surface area contributed by atoms with Gasteiger partial charge in [0, 0.05) is 31.9 Å². The summed E-state index contributed by atoms with van der Waals surface area (Å²) in [7, 11) is 6.10. The second kappa shape index (κ2) is 6.86. The van der Waals surface area contributed by atoms with Gasteiger partial charge >= 0.3 is 0 Å². The molecule has 5 heteroatoms. The van der Waals surface area contributed by atoms with Gasteiger partial charge in [-0.25, -0.2) is 9.97 Å². The standard InChI is InChI=1S/C15H21N5/c1-19(2)10-9-16-14-11-15(18-12-17-14)20(3)13-7-5-4-6-8-13/h4-8,11-12H,9-10H2,1-3H3,(H,16,17,18). The molecule has 1 aromatic heterocycles. The van der Waals surface area contributed by atoms with E-state index in [2.05, 4.69) is 46.4 Å². The Labute approximate surface area is 120 Å². The van der Waals surface area contributed by atoms with Crippen molar-refractivity contribution in [2.45, 2.75) is 0 Å². The zero-order valence-electron chi connectivity index (χ0n) is 12.2. The number of nitrogens with zero attached hydrogens (tertiary/aromatic N) is 4. The quantitative estimate of drug-likeness (QED) is 0.872. The second-order valence-corrected chi connectivity index (χ2v) is 4.89. The predicted molar refractivity (Wildman–Crippen MR) is 83.6 cm³/mol. The number of para-hydroxylation sites is 1. The fraction of sp³-hybridized carbons (Fsp3) is 0.333. The Hall–Kier alpha value is -2.14. The molecule has 0 aliphatic rings. The molecule has 2 aromatic rings. The Balaban J connectivity index is 2.05. The lowest BCUT2D eigenvalue weighted by molar-refractivity contribution is 0.425. The second-order valence-electron chi connectivity index (χ2n) is 4.89. The van der Waals surface area contributed by atoms with Crippen molar-refractivity contribution in [1.29, 1.82) is 0 Å². The summed E-state index contributed by atoms with van der Waals surface area (Å²) in [5.41, 5.74) is 1.10.